The van der Waals surface area contributed by atoms with Gasteiger partial charge in [0.05, 0.1) is 0 Å². The summed E-state index contributed by atoms with van der Waals surface area (Å²) in [6, 6.07) is 8.36. The maximum Gasteiger partial charge on any atom is 0.0351 e. The molecule has 0 N–H and O–H groups in total. The van der Waals surface area contributed by atoms with Gasteiger partial charge in [-0.3, -0.25) is 0 Å². The van der Waals surface area contributed by atoms with E-state index in [4.69, 9.17) is 0 Å². The van der Waals surface area contributed by atoms with E-state index in [2.05, 4.69) is 42.8 Å². The molecule has 0 bridgehead atoms. The van der Waals surface area contributed by atoms with E-state index in [1.54, 1.807) is 14.2 Å². The fraction of sp³-hybridized carbons (Fsp3) is 0.455. The highest BCUT2D eigenvalue weighted by Gasteiger charge is 1.83. The molecule has 0 saturated carbocycles. The second-order valence-corrected chi connectivity index (χ2v) is 2.49. The number of benzene rings is 1. The van der Waals surface area contributed by atoms with E-state index < -0.39 is 0 Å². The van der Waals surface area contributed by atoms with Crippen molar-refractivity contribution in [1.29, 1.82) is 0 Å². The molecule has 0 unspecified atom stereocenters. The molecule has 1 aromatic carbocycles. The van der Waals surface area contributed by atoms with Crippen LogP contribution in [-0.4, -0.2) is 14.2 Å². The third kappa shape index (κ3) is 5.93. The van der Waals surface area contributed by atoms with Crippen LogP contribution in [0.15, 0.2) is 24.3 Å². The summed E-state index contributed by atoms with van der Waals surface area (Å²) in [5.41, 5.74) is 2.74. The predicted octanol–water partition coefficient (Wildman–Crippen LogP) is 3.20. The Morgan fingerprint density at radius 3 is 1.33 bits per heavy atom. The summed E-state index contributed by atoms with van der Waals surface area (Å²) in [5.74, 6) is 0. The smallest absolute Gasteiger partial charge is 0.0351 e. The molecule has 0 radical (unpaired) electrons. The van der Waals surface area contributed by atoms with E-state index in [0.29, 0.717) is 0 Å². The molecule has 1 rings (SSSR count). The topological polar surface area (TPSA) is 9.23 Å². The number of aryl methyl sites for hydroxylation is 2. The second-order valence-electron chi connectivity index (χ2n) is 2.49. The molecule has 1 nitrogen and oxygen atoms in total. The van der Waals surface area contributed by atoms with Gasteiger partial charge >= 0.3 is 0 Å². The maximum absolute atomic E-state index is 4.25. The van der Waals surface area contributed by atoms with Crippen LogP contribution in [0.4, 0.5) is 0 Å². The highest BCUT2D eigenvalue weighted by atomic mass is 16.4. The van der Waals surface area contributed by atoms with Gasteiger partial charge in [0.2, 0.25) is 0 Å². The van der Waals surface area contributed by atoms with Crippen molar-refractivity contribution >= 4 is 0 Å². The SMILES string of the molecule is C.COC.Cc1ccccc1C. The van der Waals surface area contributed by atoms with Crippen molar-refractivity contribution in [3.8, 4) is 0 Å². The van der Waals surface area contributed by atoms with Crippen molar-refractivity contribution in [2.45, 2.75) is 21.3 Å². The van der Waals surface area contributed by atoms with E-state index in [-0.39, 0.29) is 7.43 Å². The summed E-state index contributed by atoms with van der Waals surface area (Å²) in [6.07, 6.45) is 0. The minimum absolute atomic E-state index is 0. The molecule has 0 saturated heterocycles. The lowest BCUT2D eigenvalue weighted by Gasteiger charge is -1.93. The fourth-order valence-electron chi connectivity index (χ4n) is 0.663. The van der Waals surface area contributed by atoms with Gasteiger partial charge in [-0.1, -0.05) is 31.7 Å². The van der Waals surface area contributed by atoms with Crippen LogP contribution in [0.2, 0.25) is 0 Å². The second kappa shape index (κ2) is 8.28. The maximum atomic E-state index is 4.25. The summed E-state index contributed by atoms with van der Waals surface area (Å²) < 4.78 is 4.25. The summed E-state index contributed by atoms with van der Waals surface area (Å²) >= 11 is 0. The largest absolute Gasteiger partial charge is 0.388 e. The summed E-state index contributed by atoms with van der Waals surface area (Å²) in [5, 5.41) is 0. The average molecular weight is 168 g/mol. The van der Waals surface area contributed by atoms with Crippen LogP contribution >= 0.6 is 0 Å². The predicted molar refractivity (Wildman–Crippen MR) is 55.6 cm³/mol. The van der Waals surface area contributed by atoms with Crippen LogP contribution in [-0.2, 0) is 4.74 Å². The Morgan fingerprint density at radius 1 is 0.917 bits per heavy atom. The number of rotatable bonds is 0. The van der Waals surface area contributed by atoms with E-state index in [9.17, 15) is 0 Å². The molecule has 0 spiro atoms. The first kappa shape index (κ1) is 13.7. The van der Waals surface area contributed by atoms with Gasteiger partial charge in [0.1, 0.15) is 0 Å². The Morgan fingerprint density at radius 2 is 1.17 bits per heavy atom. The van der Waals surface area contributed by atoms with Gasteiger partial charge in [0, 0.05) is 14.2 Å². The summed E-state index contributed by atoms with van der Waals surface area (Å²) in [7, 11) is 3.25. The first-order chi connectivity index (χ1) is 5.22. The Bertz CT molecular complexity index is 173. The normalized spacial score (nSPS) is 7.67. The lowest BCUT2D eigenvalue weighted by atomic mass is 10.1. The zero-order valence-electron chi connectivity index (χ0n) is 7.72. The van der Waals surface area contributed by atoms with Crippen molar-refractivity contribution in [3.05, 3.63) is 35.4 Å². The van der Waals surface area contributed by atoms with Crippen LogP contribution in [0.1, 0.15) is 18.6 Å². The van der Waals surface area contributed by atoms with Crippen molar-refractivity contribution in [2.24, 2.45) is 0 Å². The Hall–Kier alpha value is -0.820. The monoisotopic (exact) mass is 168 g/mol. The molecule has 0 aromatic heterocycles. The number of hydrogen-bond acceptors (Lipinski definition) is 1. The standard InChI is InChI=1S/C8H10.C2H6O.CH4/c1-7-5-3-4-6-8(7)2;1-3-2;/h3-6H,1-2H3;1-2H3;1H4. The van der Waals surface area contributed by atoms with Gasteiger partial charge in [0.25, 0.3) is 0 Å². The minimum atomic E-state index is 0. The van der Waals surface area contributed by atoms with Gasteiger partial charge in [-0.25, -0.2) is 0 Å². The Labute approximate surface area is 76.4 Å². The van der Waals surface area contributed by atoms with Crippen molar-refractivity contribution in [2.75, 3.05) is 14.2 Å². The third-order valence-corrected chi connectivity index (χ3v) is 1.43. The fourth-order valence-corrected chi connectivity index (χ4v) is 0.663. The lowest BCUT2D eigenvalue weighted by Crippen LogP contribution is -1.74. The van der Waals surface area contributed by atoms with E-state index >= 15 is 0 Å². The van der Waals surface area contributed by atoms with Gasteiger partial charge in [-0.15, -0.1) is 0 Å². The molecular weight excluding hydrogens is 148 g/mol. The van der Waals surface area contributed by atoms with Gasteiger partial charge in [-0.2, -0.15) is 0 Å². The Balaban J connectivity index is 0. The molecule has 0 atom stereocenters. The molecule has 0 aliphatic rings. The van der Waals surface area contributed by atoms with Crippen molar-refractivity contribution in [3.63, 3.8) is 0 Å². The lowest BCUT2D eigenvalue weighted by molar-refractivity contribution is 0.277. The molecular formula is C11H20O. The van der Waals surface area contributed by atoms with E-state index in [0.717, 1.165) is 0 Å². The molecule has 70 valence electrons. The molecule has 0 heterocycles. The molecule has 0 amide bonds. The van der Waals surface area contributed by atoms with Crippen LogP contribution in [0.5, 0.6) is 0 Å². The van der Waals surface area contributed by atoms with Crippen molar-refractivity contribution in [1.82, 2.24) is 0 Å². The molecule has 1 aromatic rings. The molecule has 12 heavy (non-hydrogen) atoms. The first-order valence-corrected chi connectivity index (χ1v) is 3.64. The van der Waals surface area contributed by atoms with E-state index in [1.165, 1.54) is 11.1 Å². The molecule has 0 aliphatic carbocycles. The van der Waals surface area contributed by atoms with E-state index in [1.807, 2.05) is 0 Å². The van der Waals surface area contributed by atoms with Gasteiger partial charge in [-0.05, 0) is 25.0 Å². The highest BCUT2D eigenvalue weighted by molar-refractivity contribution is 5.23. The molecule has 1 heteroatoms. The minimum Gasteiger partial charge on any atom is -0.388 e. The van der Waals surface area contributed by atoms with Gasteiger partial charge in [0.15, 0.2) is 0 Å². The zero-order chi connectivity index (χ0) is 8.69. The average Bonchev–Trinajstić information content (AvgIpc) is 1.97. The summed E-state index contributed by atoms with van der Waals surface area (Å²) in [4.78, 5) is 0. The molecule has 0 aliphatic heterocycles. The van der Waals surface area contributed by atoms with Gasteiger partial charge < -0.3 is 4.74 Å². The molecule has 0 fully saturated rings. The quantitative estimate of drug-likeness (QED) is 0.578. The number of methoxy groups -OCH3 is 1. The zero-order valence-corrected chi connectivity index (χ0v) is 7.72. The Kier molecular flexibility index (Phi) is 9.48. The third-order valence-electron chi connectivity index (χ3n) is 1.43. The first-order valence-electron chi connectivity index (χ1n) is 3.64. The summed E-state index contributed by atoms with van der Waals surface area (Å²) in [6.45, 7) is 4.24. The van der Waals surface area contributed by atoms with Crippen LogP contribution in [0.3, 0.4) is 0 Å². The highest BCUT2D eigenvalue weighted by Crippen LogP contribution is 2.02. The van der Waals surface area contributed by atoms with Crippen LogP contribution in [0.25, 0.3) is 0 Å². The van der Waals surface area contributed by atoms with Crippen molar-refractivity contribution < 1.29 is 4.74 Å². The number of hydrogen-bond donors (Lipinski definition) is 0. The van der Waals surface area contributed by atoms with Crippen LogP contribution < -0.4 is 0 Å². The van der Waals surface area contributed by atoms with Crippen LogP contribution in [0, 0.1) is 13.8 Å². The number of ether oxygens (including phenoxy) is 1.